The summed E-state index contributed by atoms with van der Waals surface area (Å²) < 4.78 is 5.27. The Balaban J connectivity index is 2.05. The lowest BCUT2D eigenvalue weighted by Gasteiger charge is -2.26. The van der Waals surface area contributed by atoms with Crippen LogP contribution in [0.25, 0.3) is 10.8 Å². The van der Waals surface area contributed by atoms with Crippen LogP contribution in [0.4, 0.5) is 5.69 Å². The largest absolute Gasteiger partial charge is 0.383 e. The van der Waals surface area contributed by atoms with Crippen molar-refractivity contribution in [1.82, 2.24) is 0 Å². The Labute approximate surface area is 120 Å². The summed E-state index contributed by atoms with van der Waals surface area (Å²) in [6.45, 7) is 2.30. The standard InChI is InChI=1S/C17H22N2O/c1-20-11-10-19(14-7-8-14)17-9-6-13(12-18)15-4-2-3-5-16(15)17/h2-6,9,14H,7-8,10-12,18H2,1H3. The van der Waals surface area contributed by atoms with Crippen molar-refractivity contribution in [1.29, 1.82) is 0 Å². The fraction of sp³-hybridized carbons (Fsp3) is 0.412. The van der Waals surface area contributed by atoms with E-state index in [4.69, 9.17) is 10.5 Å². The van der Waals surface area contributed by atoms with Gasteiger partial charge in [-0.25, -0.2) is 0 Å². The van der Waals surface area contributed by atoms with E-state index in [0.29, 0.717) is 12.6 Å². The summed E-state index contributed by atoms with van der Waals surface area (Å²) in [5, 5.41) is 2.58. The van der Waals surface area contributed by atoms with Crippen LogP contribution in [0.15, 0.2) is 36.4 Å². The Morgan fingerprint density at radius 2 is 1.90 bits per heavy atom. The predicted octanol–water partition coefficient (Wildman–Crippen LogP) is 2.91. The molecule has 2 aromatic carbocycles. The molecule has 1 saturated carbocycles. The first kappa shape index (κ1) is 13.4. The maximum Gasteiger partial charge on any atom is 0.0637 e. The highest BCUT2D eigenvalue weighted by atomic mass is 16.5. The van der Waals surface area contributed by atoms with E-state index in [-0.39, 0.29) is 0 Å². The smallest absolute Gasteiger partial charge is 0.0637 e. The first-order valence-corrected chi connectivity index (χ1v) is 7.31. The molecule has 20 heavy (non-hydrogen) atoms. The van der Waals surface area contributed by atoms with Gasteiger partial charge in [0.2, 0.25) is 0 Å². The number of nitrogens with zero attached hydrogens (tertiary/aromatic N) is 1. The van der Waals surface area contributed by atoms with Crippen LogP contribution in [0.1, 0.15) is 18.4 Å². The first-order valence-electron chi connectivity index (χ1n) is 7.31. The molecule has 1 fully saturated rings. The van der Waals surface area contributed by atoms with E-state index in [1.54, 1.807) is 7.11 Å². The van der Waals surface area contributed by atoms with Crippen LogP contribution in [-0.4, -0.2) is 26.3 Å². The maximum absolute atomic E-state index is 5.86. The summed E-state index contributed by atoms with van der Waals surface area (Å²) in [6, 6.07) is 13.6. The average molecular weight is 270 g/mol. The quantitative estimate of drug-likeness (QED) is 0.877. The Bertz CT molecular complexity index is 593. The molecule has 3 rings (SSSR count). The first-order chi connectivity index (χ1) is 9.85. The molecule has 0 aromatic heterocycles. The molecule has 2 aromatic rings. The van der Waals surface area contributed by atoms with Gasteiger partial charge in [0.05, 0.1) is 6.61 Å². The molecule has 1 aliphatic carbocycles. The zero-order chi connectivity index (χ0) is 13.9. The molecular formula is C17H22N2O. The molecule has 0 aliphatic heterocycles. The third-order valence-corrected chi connectivity index (χ3v) is 4.04. The Kier molecular flexibility index (Phi) is 3.90. The molecule has 0 radical (unpaired) electrons. The van der Waals surface area contributed by atoms with Crippen molar-refractivity contribution in [3.8, 4) is 0 Å². The van der Waals surface area contributed by atoms with Crippen molar-refractivity contribution >= 4 is 16.5 Å². The molecule has 2 N–H and O–H groups in total. The SMILES string of the molecule is COCCN(c1ccc(CN)c2ccccc12)C1CC1. The van der Waals surface area contributed by atoms with Gasteiger partial charge in [0.25, 0.3) is 0 Å². The van der Waals surface area contributed by atoms with Gasteiger partial charge in [-0.15, -0.1) is 0 Å². The van der Waals surface area contributed by atoms with Gasteiger partial charge in [-0.3, -0.25) is 0 Å². The maximum atomic E-state index is 5.86. The summed E-state index contributed by atoms with van der Waals surface area (Å²) in [5.74, 6) is 0. The summed E-state index contributed by atoms with van der Waals surface area (Å²) in [7, 11) is 1.76. The number of benzene rings is 2. The number of fused-ring (bicyclic) bond motifs is 1. The van der Waals surface area contributed by atoms with Crippen LogP contribution in [0.5, 0.6) is 0 Å². The minimum Gasteiger partial charge on any atom is -0.383 e. The lowest BCUT2D eigenvalue weighted by molar-refractivity contribution is 0.205. The van der Waals surface area contributed by atoms with Gasteiger partial charge in [0.15, 0.2) is 0 Å². The molecule has 106 valence electrons. The molecule has 0 unspecified atom stereocenters. The molecular weight excluding hydrogens is 248 g/mol. The average Bonchev–Trinajstić information content (AvgIpc) is 3.32. The fourth-order valence-corrected chi connectivity index (χ4v) is 2.85. The van der Waals surface area contributed by atoms with Crippen molar-refractivity contribution < 1.29 is 4.74 Å². The Hall–Kier alpha value is -1.58. The van der Waals surface area contributed by atoms with E-state index in [9.17, 15) is 0 Å². The lowest BCUT2D eigenvalue weighted by atomic mass is 10.0. The minimum atomic E-state index is 0.586. The van der Waals surface area contributed by atoms with Gasteiger partial charge in [-0.2, -0.15) is 0 Å². The van der Waals surface area contributed by atoms with Crippen LogP contribution in [0.2, 0.25) is 0 Å². The summed E-state index contributed by atoms with van der Waals surface area (Å²) >= 11 is 0. The van der Waals surface area contributed by atoms with Crippen LogP contribution in [0, 0.1) is 0 Å². The van der Waals surface area contributed by atoms with Gasteiger partial charge in [-0.1, -0.05) is 30.3 Å². The van der Waals surface area contributed by atoms with Crippen molar-refractivity contribution in [3.63, 3.8) is 0 Å². The summed E-state index contributed by atoms with van der Waals surface area (Å²) in [4.78, 5) is 2.49. The molecule has 0 saturated heterocycles. The van der Waals surface area contributed by atoms with E-state index in [2.05, 4.69) is 41.3 Å². The Morgan fingerprint density at radius 1 is 1.15 bits per heavy atom. The van der Waals surface area contributed by atoms with E-state index < -0.39 is 0 Å². The molecule has 1 aliphatic rings. The molecule has 0 bridgehead atoms. The van der Waals surface area contributed by atoms with Crippen molar-refractivity contribution in [2.24, 2.45) is 5.73 Å². The second-order valence-electron chi connectivity index (χ2n) is 5.41. The number of hydrogen-bond donors (Lipinski definition) is 1. The molecule has 3 nitrogen and oxygen atoms in total. The molecule has 0 atom stereocenters. The van der Waals surface area contributed by atoms with Gasteiger partial charge in [0.1, 0.15) is 0 Å². The van der Waals surface area contributed by atoms with Crippen LogP contribution in [-0.2, 0) is 11.3 Å². The van der Waals surface area contributed by atoms with Crippen LogP contribution >= 0.6 is 0 Å². The summed E-state index contributed by atoms with van der Waals surface area (Å²) in [5.41, 5.74) is 8.39. The van der Waals surface area contributed by atoms with Crippen LogP contribution in [0.3, 0.4) is 0 Å². The van der Waals surface area contributed by atoms with Gasteiger partial charge < -0.3 is 15.4 Å². The van der Waals surface area contributed by atoms with Crippen molar-refractivity contribution in [3.05, 3.63) is 42.0 Å². The second kappa shape index (κ2) is 5.81. The van der Waals surface area contributed by atoms with Gasteiger partial charge in [0, 0.05) is 37.3 Å². The van der Waals surface area contributed by atoms with E-state index in [1.807, 2.05) is 0 Å². The van der Waals surface area contributed by atoms with E-state index in [1.165, 1.54) is 34.9 Å². The molecule has 0 amide bonds. The van der Waals surface area contributed by atoms with E-state index >= 15 is 0 Å². The van der Waals surface area contributed by atoms with Gasteiger partial charge >= 0.3 is 0 Å². The minimum absolute atomic E-state index is 0.586. The highest BCUT2D eigenvalue weighted by Gasteiger charge is 2.29. The zero-order valence-corrected chi connectivity index (χ0v) is 12.0. The number of methoxy groups -OCH3 is 1. The number of rotatable bonds is 6. The van der Waals surface area contributed by atoms with Crippen LogP contribution < -0.4 is 10.6 Å². The normalized spacial score (nSPS) is 14.7. The van der Waals surface area contributed by atoms with Crippen molar-refractivity contribution in [2.75, 3.05) is 25.2 Å². The lowest BCUT2D eigenvalue weighted by Crippen LogP contribution is -2.29. The molecule has 3 heteroatoms. The number of ether oxygens (including phenoxy) is 1. The highest BCUT2D eigenvalue weighted by molar-refractivity contribution is 5.96. The third kappa shape index (κ3) is 2.51. The number of hydrogen-bond acceptors (Lipinski definition) is 3. The molecule has 0 spiro atoms. The topological polar surface area (TPSA) is 38.5 Å². The summed E-state index contributed by atoms with van der Waals surface area (Å²) in [6.07, 6.45) is 2.58. The fourth-order valence-electron chi connectivity index (χ4n) is 2.85. The van der Waals surface area contributed by atoms with E-state index in [0.717, 1.165) is 13.2 Å². The third-order valence-electron chi connectivity index (χ3n) is 4.04. The molecule has 0 heterocycles. The number of anilines is 1. The monoisotopic (exact) mass is 270 g/mol. The van der Waals surface area contributed by atoms with Crippen molar-refractivity contribution in [2.45, 2.75) is 25.4 Å². The number of nitrogens with two attached hydrogens (primary N) is 1. The zero-order valence-electron chi connectivity index (χ0n) is 12.0. The predicted molar refractivity (Wildman–Crippen MR) is 84.1 cm³/mol. The van der Waals surface area contributed by atoms with Gasteiger partial charge in [-0.05, 0) is 29.9 Å². The Morgan fingerprint density at radius 3 is 2.55 bits per heavy atom. The highest BCUT2D eigenvalue weighted by Crippen LogP contribution is 2.36. The second-order valence-corrected chi connectivity index (χ2v) is 5.41.